The Balaban J connectivity index is 2.05. The molecule has 2 heterocycles. The van der Waals surface area contributed by atoms with Gasteiger partial charge in [0.15, 0.2) is 0 Å². The molecule has 0 saturated carbocycles. The number of hydrogen-bond acceptors (Lipinski definition) is 3. The summed E-state index contributed by atoms with van der Waals surface area (Å²) in [5.41, 5.74) is 6.90. The van der Waals surface area contributed by atoms with Gasteiger partial charge in [0.25, 0.3) is 0 Å². The first-order valence-electron chi connectivity index (χ1n) is 8.98. The van der Waals surface area contributed by atoms with E-state index in [9.17, 15) is 0 Å². The monoisotopic (exact) mass is 296 g/mol. The summed E-state index contributed by atoms with van der Waals surface area (Å²) in [5.74, 6) is 0.846. The molecule has 0 bridgehead atoms. The fourth-order valence-electron chi connectivity index (χ4n) is 4.30. The molecular weight excluding hydrogens is 260 g/mol. The average Bonchev–Trinajstić information content (AvgIpc) is 2.73. The highest BCUT2D eigenvalue weighted by Crippen LogP contribution is 2.38. The molecule has 2 rings (SSSR count). The van der Waals surface area contributed by atoms with E-state index in [1.165, 1.54) is 32.4 Å². The number of nitrogens with zero attached hydrogens (tertiary/aromatic N) is 1. The Morgan fingerprint density at radius 3 is 2.62 bits per heavy atom. The zero-order chi connectivity index (χ0) is 15.5. The van der Waals surface area contributed by atoms with Crippen molar-refractivity contribution in [3.63, 3.8) is 0 Å². The fourth-order valence-corrected chi connectivity index (χ4v) is 4.30. The van der Waals surface area contributed by atoms with Gasteiger partial charge in [0, 0.05) is 18.7 Å². The van der Waals surface area contributed by atoms with Crippen LogP contribution >= 0.6 is 0 Å². The predicted molar refractivity (Wildman–Crippen MR) is 89.4 cm³/mol. The molecule has 124 valence electrons. The van der Waals surface area contributed by atoms with Crippen LogP contribution in [0.1, 0.15) is 66.2 Å². The van der Waals surface area contributed by atoms with Crippen molar-refractivity contribution in [1.29, 1.82) is 0 Å². The minimum absolute atomic E-state index is 0.200. The highest BCUT2D eigenvalue weighted by atomic mass is 16.5. The lowest BCUT2D eigenvalue weighted by molar-refractivity contribution is -0.0717. The van der Waals surface area contributed by atoms with Crippen molar-refractivity contribution >= 4 is 0 Å². The van der Waals surface area contributed by atoms with Crippen LogP contribution < -0.4 is 5.73 Å². The summed E-state index contributed by atoms with van der Waals surface area (Å²) in [4.78, 5) is 2.73. The number of nitrogens with two attached hydrogens (primary N) is 1. The molecule has 2 aliphatic heterocycles. The second-order valence-electron chi connectivity index (χ2n) is 8.26. The Morgan fingerprint density at radius 2 is 2.00 bits per heavy atom. The molecule has 0 aliphatic carbocycles. The molecule has 0 amide bonds. The van der Waals surface area contributed by atoms with Crippen LogP contribution in [0.3, 0.4) is 0 Å². The molecule has 0 aromatic carbocycles. The minimum atomic E-state index is 0.200. The topological polar surface area (TPSA) is 38.5 Å². The average molecular weight is 296 g/mol. The molecule has 2 N–H and O–H groups in total. The summed E-state index contributed by atoms with van der Waals surface area (Å²) in [5, 5.41) is 0. The van der Waals surface area contributed by atoms with Crippen molar-refractivity contribution in [3.05, 3.63) is 0 Å². The number of likely N-dealkylation sites (tertiary alicyclic amines) is 1. The maximum Gasteiger partial charge on any atom is 0.0590 e. The summed E-state index contributed by atoms with van der Waals surface area (Å²) < 4.78 is 5.90. The van der Waals surface area contributed by atoms with Crippen molar-refractivity contribution in [2.24, 2.45) is 17.1 Å². The van der Waals surface area contributed by atoms with E-state index in [-0.39, 0.29) is 5.54 Å². The molecule has 2 fully saturated rings. The number of rotatable bonds is 3. The lowest BCUT2D eigenvalue weighted by Crippen LogP contribution is -2.58. The molecule has 3 unspecified atom stereocenters. The maximum atomic E-state index is 6.26. The summed E-state index contributed by atoms with van der Waals surface area (Å²) in [7, 11) is 0. The Hall–Kier alpha value is -0.120. The molecular formula is C18H36N2O. The van der Waals surface area contributed by atoms with Gasteiger partial charge in [-0.25, -0.2) is 0 Å². The van der Waals surface area contributed by atoms with Crippen LogP contribution in [0.5, 0.6) is 0 Å². The number of ether oxygens (including phenoxy) is 1. The smallest absolute Gasteiger partial charge is 0.0590 e. The van der Waals surface area contributed by atoms with Crippen LogP contribution in [0.4, 0.5) is 0 Å². The van der Waals surface area contributed by atoms with E-state index in [1.54, 1.807) is 0 Å². The molecule has 21 heavy (non-hydrogen) atoms. The van der Waals surface area contributed by atoms with Crippen molar-refractivity contribution in [2.45, 2.75) is 77.9 Å². The molecule has 2 saturated heterocycles. The van der Waals surface area contributed by atoms with Crippen molar-refractivity contribution in [3.8, 4) is 0 Å². The van der Waals surface area contributed by atoms with Crippen LogP contribution in [-0.4, -0.2) is 42.8 Å². The zero-order valence-corrected chi connectivity index (χ0v) is 14.7. The van der Waals surface area contributed by atoms with E-state index in [0.717, 1.165) is 38.3 Å². The molecule has 3 heteroatoms. The Bertz CT molecular complexity index is 326. The van der Waals surface area contributed by atoms with Gasteiger partial charge in [-0.3, -0.25) is 4.90 Å². The fraction of sp³-hybridized carbons (Fsp3) is 1.00. The second-order valence-corrected chi connectivity index (χ2v) is 8.26. The van der Waals surface area contributed by atoms with Crippen LogP contribution in [-0.2, 0) is 4.74 Å². The molecule has 0 aromatic rings. The van der Waals surface area contributed by atoms with E-state index in [1.807, 2.05) is 0 Å². The first-order chi connectivity index (χ1) is 9.91. The maximum absolute atomic E-state index is 6.26. The van der Waals surface area contributed by atoms with Crippen LogP contribution in [0.15, 0.2) is 0 Å². The highest BCUT2D eigenvalue weighted by Gasteiger charge is 2.41. The van der Waals surface area contributed by atoms with Gasteiger partial charge in [-0.1, -0.05) is 27.7 Å². The third-order valence-electron chi connectivity index (χ3n) is 5.99. The number of hydrogen-bond donors (Lipinski definition) is 1. The van der Waals surface area contributed by atoms with E-state index in [0.29, 0.717) is 11.5 Å². The van der Waals surface area contributed by atoms with Gasteiger partial charge in [-0.05, 0) is 62.9 Å². The molecule has 0 aromatic heterocycles. The third-order valence-corrected chi connectivity index (χ3v) is 5.99. The molecule has 3 atom stereocenters. The third kappa shape index (κ3) is 4.00. The van der Waals surface area contributed by atoms with Gasteiger partial charge in [0.1, 0.15) is 0 Å². The summed E-state index contributed by atoms with van der Waals surface area (Å²) >= 11 is 0. The van der Waals surface area contributed by atoms with Crippen LogP contribution in [0, 0.1) is 11.3 Å². The van der Waals surface area contributed by atoms with E-state index < -0.39 is 0 Å². The summed E-state index contributed by atoms with van der Waals surface area (Å²) in [6, 6.07) is 0. The molecule has 0 radical (unpaired) electrons. The van der Waals surface area contributed by atoms with Crippen LogP contribution in [0.25, 0.3) is 0 Å². The van der Waals surface area contributed by atoms with Gasteiger partial charge in [-0.2, -0.15) is 0 Å². The predicted octanol–water partition coefficient (Wildman–Crippen LogP) is 3.42. The minimum Gasteiger partial charge on any atom is -0.378 e. The first kappa shape index (κ1) is 17.2. The standard InChI is InChI=1S/C18H36N2O/c1-5-16-13-18(14-19,9-12-21-16)20-10-6-7-15(8-11-20)17(2,3)4/h15-16H,5-14,19H2,1-4H3. The summed E-state index contributed by atoms with van der Waals surface area (Å²) in [6.07, 6.45) is 7.77. The van der Waals surface area contributed by atoms with Gasteiger partial charge in [0.2, 0.25) is 0 Å². The van der Waals surface area contributed by atoms with Crippen LogP contribution in [0.2, 0.25) is 0 Å². The van der Waals surface area contributed by atoms with Crippen molar-refractivity contribution in [2.75, 3.05) is 26.2 Å². The van der Waals surface area contributed by atoms with Gasteiger partial charge in [-0.15, -0.1) is 0 Å². The quantitative estimate of drug-likeness (QED) is 0.867. The van der Waals surface area contributed by atoms with Crippen molar-refractivity contribution in [1.82, 2.24) is 4.90 Å². The van der Waals surface area contributed by atoms with Gasteiger partial charge < -0.3 is 10.5 Å². The second kappa shape index (κ2) is 6.97. The van der Waals surface area contributed by atoms with Gasteiger partial charge >= 0.3 is 0 Å². The lowest BCUT2D eigenvalue weighted by Gasteiger charge is -2.48. The van der Waals surface area contributed by atoms with E-state index in [2.05, 4.69) is 32.6 Å². The van der Waals surface area contributed by atoms with Gasteiger partial charge in [0.05, 0.1) is 6.10 Å². The Morgan fingerprint density at radius 1 is 1.24 bits per heavy atom. The van der Waals surface area contributed by atoms with E-state index in [4.69, 9.17) is 10.5 Å². The molecule has 2 aliphatic rings. The summed E-state index contributed by atoms with van der Waals surface area (Å²) in [6.45, 7) is 13.5. The lowest BCUT2D eigenvalue weighted by atomic mass is 9.76. The van der Waals surface area contributed by atoms with Crippen molar-refractivity contribution < 1.29 is 4.74 Å². The Kier molecular flexibility index (Phi) is 5.72. The SMILES string of the molecule is CCC1CC(CN)(N2CCCC(C(C)(C)C)CC2)CCO1. The van der Waals surface area contributed by atoms with E-state index >= 15 is 0 Å². The largest absolute Gasteiger partial charge is 0.378 e. The first-order valence-corrected chi connectivity index (χ1v) is 8.98. The molecule has 3 nitrogen and oxygen atoms in total. The normalized spacial score (nSPS) is 36.4. The zero-order valence-electron chi connectivity index (χ0n) is 14.7. The molecule has 0 spiro atoms. The Labute approximate surface area is 131 Å². The highest BCUT2D eigenvalue weighted by molar-refractivity contribution is 4.97.